The van der Waals surface area contributed by atoms with Crippen LogP contribution in [-0.2, 0) is 9.53 Å². The first-order chi connectivity index (χ1) is 12.6. The van der Waals surface area contributed by atoms with Gasteiger partial charge in [0.15, 0.2) is 0 Å². The molecule has 0 aromatic heterocycles. The van der Waals surface area contributed by atoms with Crippen LogP contribution in [0.15, 0.2) is 48.5 Å². The van der Waals surface area contributed by atoms with E-state index in [9.17, 15) is 9.59 Å². The predicted octanol–water partition coefficient (Wildman–Crippen LogP) is 3.87. The second-order valence-electron chi connectivity index (χ2n) is 6.89. The fourth-order valence-electron chi connectivity index (χ4n) is 4.17. The summed E-state index contributed by atoms with van der Waals surface area (Å²) in [5, 5.41) is 9.02. The fourth-order valence-corrected chi connectivity index (χ4v) is 4.17. The largest absolute Gasteiger partial charge is 0.481 e. The molecule has 0 spiro atoms. The summed E-state index contributed by atoms with van der Waals surface area (Å²) in [6.45, 7) is 0.831. The van der Waals surface area contributed by atoms with Gasteiger partial charge in [0.1, 0.15) is 6.61 Å². The van der Waals surface area contributed by atoms with Crippen molar-refractivity contribution in [3.8, 4) is 11.1 Å². The molecule has 26 heavy (non-hydrogen) atoms. The summed E-state index contributed by atoms with van der Waals surface area (Å²) in [7, 11) is 0. The number of carbonyl (C=O) groups is 2. The number of aliphatic carboxylic acids is 1. The molecule has 2 aliphatic rings. The summed E-state index contributed by atoms with van der Waals surface area (Å²) < 4.78 is 5.63. The highest BCUT2D eigenvalue weighted by molar-refractivity contribution is 5.79. The van der Waals surface area contributed by atoms with E-state index in [1.807, 2.05) is 24.3 Å². The maximum atomic E-state index is 12.5. The first kappa shape index (κ1) is 16.6. The summed E-state index contributed by atoms with van der Waals surface area (Å²) in [5.74, 6) is -0.861. The fraction of sp³-hybridized carbons (Fsp3) is 0.333. The topological polar surface area (TPSA) is 66.8 Å². The molecule has 5 heteroatoms. The zero-order valence-corrected chi connectivity index (χ0v) is 14.4. The van der Waals surface area contributed by atoms with Crippen molar-refractivity contribution in [2.75, 3.05) is 13.2 Å². The van der Waals surface area contributed by atoms with Crippen molar-refractivity contribution in [2.24, 2.45) is 0 Å². The molecule has 1 atom stereocenters. The van der Waals surface area contributed by atoms with Crippen LogP contribution in [0.5, 0.6) is 0 Å². The van der Waals surface area contributed by atoms with Crippen LogP contribution in [0.25, 0.3) is 11.1 Å². The molecule has 4 rings (SSSR count). The summed E-state index contributed by atoms with van der Waals surface area (Å²) in [6, 6.07) is 16.1. The van der Waals surface area contributed by atoms with E-state index >= 15 is 0 Å². The van der Waals surface area contributed by atoms with E-state index in [1.54, 1.807) is 4.90 Å². The minimum atomic E-state index is -0.881. The SMILES string of the molecule is O=C(O)C[C@H]1CCCN1C(=O)OCC1c2ccccc2-c2ccccc21. The van der Waals surface area contributed by atoms with Gasteiger partial charge in [0.05, 0.1) is 6.42 Å². The van der Waals surface area contributed by atoms with Gasteiger partial charge in [0, 0.05) is 18.5 Å². The number of rotatable bonds is 4. The lowest BCUT2D eigenvalue weighted by Gasteiger charge is -2.24. The third-order valence-corrected chi connectivity index (χ3v) is 5.36. The van der Waals surface area contributed by atoms with Gasteiger partial charge in [-0.25, -0.2) is 4.79 Å². The Hall–Kier alpha value is -2.82. The van der Waals surface area contributed by atoms with E-state index in [0.717, 1.165) is 12.8 Å². The number of carboxylic acids is 1. The molecule has 0 saturated carbocycles. The molecular formula is C21H21NO4. The van der Waals surface area contributed by atoms with E-state index in [-0.39, 0.29) is 25.0 Å². The number of hydrogen-bond acceptors (Lipinski definition) is 3. The lowest BCUT2D eigenvalue weighted by molar-refractivity contribution is -0.138. The molecule has 1 amide bonds. The Morgan fingerprint density at radius 3 is 2.27 bits per heavy atom. The Morgan fingerprint density at radius 2 is 1.65 bits per heavy atom. The second-order valence-corrected chi connectivity index (χ2v) is 6.89. The second kappa shape index (κ2) is 6.83. The molecule has 2 aromatic rings. The van der Waals surface area contributed by atoms with Gasteiger partial charge >= 0.3 is 12.1 Å². The Labute approximate surface area is 152 Å². The van der Waals surface area contributed by atoms with Gasteiger partial charge in [-0.1, -0.05) is 48.5 Å². The molecule has 0 bridgehead atoms. The van der Waals surface area contributed by atoms with Gasteiger partial charge in [0.2, 0.25) is 0 Å². The summed E-state index contributed by atoms with van der Waals surface area (Å²) in [4.78, 5) is 25.1. The molecule has 0 radical (unpaired) electrons. The molecule has 1 aliphatic carbocycles. The van der Waals surface area contributed by atoms with E-state index < -0.39 is 12.1 Å². The van der Waals surface area contributed by atoms with Crippen molar-refractivity contribution >= 4 is 12.1 Å². The highest BCUT2D eigenvalue weighted by atomic mass is 16.6. The van der Waals surface area contributed by atoms with Crippen molar-refractivity contribution in [1.29, 1.82) is 0 Å². The van der Waals surface area contributed by atoms with Crippen LogP contribution in [0.3, 0.4) is 0 Å². The van der Waals surface area contributed by atoms with Crippen molar-refractivity contribution in [3.63, 3.8) is 0 Å². The highest BCUT2D eigenvalue weighted by Crippen LogP contribution is 2.44. The number of carboxylic acid groups (broad SMARTS) is 1. The molecule has 5 nitrogen and oxygen atoms in total. The van der Waals surface area contributed by atoms with Crippen LogP contribution >= 0.6 is 0 Å². The molecule has 1 aliphatic heterocycles. The van der Waals surface area contributed by atoms with Crippen LogP contribution in [0.2, 0.25) is 0 Å². The number of nitrogens with zero attached hydrogens (tertiary/aromatic N) is 1. The van der Waals surface area contributed by atoms with Crippen LogP contribution in [0, 0.1) is 0 Å². The van der Waals surface area contributed by atoms with Gasteiger partial charge in [-0.05, 0) is 35.1 Å². The molecule has 134 valence electrons. The minimum absolute atomic E-state index is 0.0203. The molecule has 2 aromatic carbocycles. The third kappa shape index (κ3) is 2.94. The Balaban J connectivity index is 1.50. The standard InChI is InChI=1S/C21H21NO4/c23-20(24)12-14-6-5-11-22(14)21(25)26-13-19-17-9-3-1-7-15(17)16-8-2-4-10-18(16)19/h1-4,7-10,14,19H,5-6,11-13H2,(H,23,24)/t14-/m1/s1. The third-order valence-electron chi connectivity index (χ3n) is 5.36. The molecular weight excluding hydrogens is 330 g/mol. The zero-order valence-electron chi connectivity index (χ0n) is 14.4. The predicted molar refractivity (Wildman–Crippen MR) is 97.0 cm³/mol. The van der Waals surface area contributed by atoms with Gasteiger partial charge in [0.25, 0.3) is 0 Å². The normalized spacial score (nSPS) is 18.5. The zero-order chi connectivity index (χ0) is 18.1. The number of fused-ring (bicyclic) bond motifs is 3. The molecule has 1 heterocycles. The van der Waals surface area contributed by atoms with Crippen molar-refractivity contribution in [1.82, 2.24) is 4.90 Å². The summed E-state index contributed by atoms with van der Waals surface area (Å²) in [6.07, 6.45) is 1.11. The molecule has 1 saturated heterocycles. The summed E-state index contributed by atoms with van der Waals surface area (Å²) in [5.41, 5.74) is 4.72. The monoisotopic (exact) mass is 351 g/mol. The first-order valence-corrected chi connectivity index (χ1v) is 8.98. The number of benzene rings is 2. The van der Waals surface area contributed by atoms with E-state index in [4.69, 9.17) is 9.84 Å². The van der Waals surface area contributed by atoms with E-state index in [1.165, 1.54) is 22.3 Å². The number of carbonyl (C=O) groups excluding carboxylic acids is 1. The average molecular weight is 351 g/mol. The van der Waals surface area contributed by atoms with E-state index in [0.29, 0.717) is 6.54 Å². The maximum absolute atomic E-state index is 12.5. The highest BCUT2D eigenvalue weighted by Gasteiger charge is 2.33. The number of hydrogen-bond donors (Lipinski definition) is 1. The van der Waals surface area contributed by atoms with Gasteiger partial charge in [-0.3, -0.25) is 4.79 Å². The lowest BCUT2D eigenvalue weighted by Crippen LogP contribution is -2.37. The van der Waals surface area contributed by atoms with Crippen LogP contribution in [0.1, 0.15) is 36.3 Å². The molecule has 1 fully saturated rings. The van der Waals surface area contributed by atoms with Crippen LogP contribution < -0.4 is 0 Å². The average Bonchev–Trinajstić information content (AvgIpc) is 3.22. The van der Waals surface area contributed by atoms with Crippen LogP contribution in [0.4, 0.5) is 4.79 Å². The number of ether oxygens (including phenoxy) is 1. The van der Waals surface area contributed by atoms with Gasteiger partial charge in [-0.2, -0.15) is 0 Å². The molecule has 1 N–H and O–H groups in total. The quantitative estimate of drug-likeness (QED) is 0.908. The Kier molecular flexibility index (Phi) is 4.37. The Bertz CT molecular complexity index is 802. The van der Waals surface area contributed by atoms with Gasteiger partial charge < -0.3 is 14.7 Å². The number of amides is 1. The van der Waals surface area contributed by atoms with Crippen molar-refractivity contribution in [3.05, 3.63) is 59.7 Å². The van der Waals surface area contributed by atoms with Crippen LogP contribution in [-0.4, -0.2) is 41.3 Å². The van der Waals surface area contributed by atoms with Crippen molar-refractivity contribution < 1.29 is 19.4 Å². The number of likely N-dealkylation sites (tertiary alicyclic amines) is 1. The molecule has 0 unspecified atom stereocenters. The lowest BCUT2D eigenvalue weighted by atomic mass is 9.98. The van der Waals surface area contributed by atoms with E-state index in [2.05, 4.69) is 24.3 Å². The van der Waals surface area contributed by atoms with Gasteiger partial charge in [-0.15, -0.1) is 0 Å². The first-order valence-electron chi connectivity index (χ1n) is 8.98. The Morgan fingerprint density at radius 1 is 1.04 bits per heavy atom. The smallest absolute Gasteiger partial charge is 0.410 e. The summed E-state index contributed by atoms with van der Waals surface area (Å²) >= 11 is 0. The van der Waals surface area contributed by atoms with Crippen molar-refractivity contribution in [2.45, 2.75) is 31.2 Å². The minimum Gasteiger partial charge on any atom is -0.481 e. The maximum Gasteiger partial charge on any atom is 0.410 e.